The molecule has 0 saturated heterocycles. The summed E-state index contributed by atoms with van der Waals surface area (Å²) < 4.78 is 41.9. The Bertz CT molecular complexity index is 712. The van der Waals surface area contributed by atoms with E-state index in [2.05, 4.69) is 36.1 Å². The van der Waals surface area contributed by atoms with E-state index in [-0.39, 0.29) is 24.6 Å². The minimum atomic E-state index is -4.64. The van der Waals surface area contributed by atoms with Crippen LogP contribution in [-0.2, 0) is 4.74 Å². The van der Waals surface area contributed by atoms with E-state index in [4.69, 9.17) is 0 Å². The summed E-state index contributed by atoms with van der Waals surface area (Å²) in [4.78, 5) is 16.2. The Kier molecular flexibility index (Phi) is 3.81. The van der Waals surface area contributed by atoms with Crippen molar-refractivity contribution in [2.24, 2.45) is 0 Å². The molecule has 0 unspecified atom stereocenters. The SMILES string of the molecule is O=C(N[C@H]1C[C@@H](OC(F)(F)F)C1)c1ccnc2cc(Br)nn12. The van der Waals surface area contributed by atoms with Gasteiger partial charge in [0.15, 0.2) is 5.65 Å². The molecule has 1 saturated carbocycles. The van der Waals surface area contributed by atoms with Gasteiger partial charge in [0.2, 0.25) is 0 Å². The fraction of sp³-hybridized carbons (Fsp3) is 0.417. The molecule has 3 rings (SSSR count). The van der Waals surface area contributed by atoms with Crippen molar-refractivity contribution in [3.05, 3.63) is 28.6 Å². The third-order valence-electron chi connectivity index (χ3n) is 3.29. The van der Waals surface area contributed by atoms with Crippen LogP contribution in [0.3, 0.4) is 0 Å². The lowest BCUT2D eigenvalue weighted by Crippen LogP contribution is -2.49. The summed E-state index contributed by atoms with van der Waals surface area (Å²) in [5.41, 5.74) is 0.752. The standard InChI is InChI=1S/C12H10BrF3N4O2/c13-9-5-10-17-2-1-8(20(10)19-9)11(21)18-6-3-7(4-6)22-12(14,15)16/h1-2,5-7H,3-4H2,(H,18,21)/t6-,7+. The fourth-order valence-electron chi connectivity index (χ4n) is 2.27. The molecule has 0 radical (unpaired) electrons. The van der Waals surface area contributed by atoms with Gasteiger partial charge in [0.1, 0.15) is 10.3 Å². The van der Waals surface area contributed by atoms with Crippen molar-refractivity contribution in [3.8, 4) is 0 Å². The number of rotatable bonds is 3. The van der Waals surface area contributed by atoms with Crippen molar-refractivity contribution < 1.29 is 22.7 Å². The summed E-state index contributed by atoms with van der Waals surface area (Å²) in [7, 11) is 0. The van der Waals surface area contributed by atoms with Gasteiger partial charge in [-0.1, -0.05) is 0 Å². The highest BCUT2D eigenvalue weighted by molar-refractivity contribution is 9.10. The zero-order chi connectivity index (χ0) is 15.9. The highest BCUT2D eigenvalue weighted by Gasteiger charge is 2.40. The van der Waals surface area contributed by atoms with Gasteiger partial charge in [-0.15, -0.1) is 13.2 Å². The van der Waals surface area contributed by atoms with E-state index in [9.17, 15) is 18.0 Å². The molecular weight excluding hydrogens is 369 g/mol. The quantitative estimate of drug-likeness (QED) is 0.889. The second kappa shape index (κ2) is 5.51. The summed E-state index contributed by atoms with van der Waals surface area (Å²) in [6.45, 7) is 0. The van der Waals surface area contributed by atoms with Gasteiger partial charge in [0, 0.05) is 18.3 Å². The van der Waals surface area contributed by atoms with Gasteiger partial charge in [-0.05, 0) is 34.8 Å². The molecule has 2 aromatic rings. The van der Waals surface area contributed by atoms with Crippen LogP contribution in [0.4, 0.5) is 13.2 Å². The summed E-state index contributed by atoms with van der Waals surface area (Å²) in [5, 5.41) is 6.74. The predicted molar refractivity (Wildman–Crippen MR) is 72.1 cm³/mol. The summed E-state index contributed by atoms with van der Waals surface area (Å²) in [6, 6.07) is 2.79. The molecule has 10 heteroatoms. The van der Waals surface area contributed by atoms with Gasteiger partial charge in [0.05, 0.1) is 6.10 Å². The molecule has 1 amide bonds. The van der Waals surface area contributed by atoms with Gasteiger partial charge in [-0.2, -0.15) is 5.10 Å². The highest BCUT2D eigenvalue weighted by atomic mass is 79.9. The highest BCUT2D eigenvalue weighted by Crippen LogP contribution is 2.30. The normalized spacial score (nSPS) is 21.6. The second-order valence-corrected chi connectivity index (χ2v) is 5.71. The molecule has 2 aromatic heterocycles. The van der Waals surface area contributed by atoms with Crippen molar-refractivity contribution in [1.29, 1.82) is 0 Å². The van der Waals surface area contributed by atoms with E-state index in [1.54, 1.807) is 6.07 Å². The summed E-state index contributed by atoms with van der Waals surface area (Å²) in [6.07, 6.45) is -3.82. The third kappa shape index (κ3) is 3.22. The second-order valence-electron chi connectivity index (χ2n) is 4.89. The molecule has 1 N–H and O–H groups in total. The molecule has 118 valence electrons. The number of hydrogen-bond acceptors (Lipinski definition) is 4. The van der Waals surface area contributed by atoms with Gasteiger partial charge in [0.25, 0.3) is 5.91 Å². The predicted octanol–water partition coefficient (Wildman–Crippen LogP) is 2.29. The third-order valence-corrected chi connectivity index (χ3v) is 3.68. The van der Waals surface area contributed by atoms with Crippen LogP contribution < -0.4 is 5.32 Å². The number of ether oxygens (including phenoxy) is 1. The number of nitrogens with one attached hydrogen (secondary N) is 1. The number of carbonyl (C=O) groups excluding carboxylic acids is 1. The number of halogens is 4. The van der Waals surface area contributed by atoms with Crippen molar-refractivity contribution >= 4 is 27.5 Å². The first kappa shape index (κ1) is 15.2. The number of carbonyl (C=O) groups is 1. The van der Waals surface area contributed by atoms with Crippen molar-refractivity contribution in [2.45, 2.75) is 31.3 Å². The van der Waals surface area contributed by atoms with Crippen LogP contribution in [-0.4, -0.2) is 39.0 Å². The van der Waals surface area contributed by atoms with Gasteiger partial charge >= 0.3 is 6.36 Å². The molecule has 6 nitrogen and oxygen atoms in total. The molecule has 22 heavy (non-hydrogen) atoms. The van der Waals surface area contributed by atoms with Crippen molar-refractivity contribution in [2.75, 3.05) is 0 Å². The average Bonchev–Trinajstić information content (AvgIpc) is 2.74. The number of fused-ring (bicyclic) bond motifs is 1. The number of alkyl halides is 3. The number of aromatic nitrogens is 3. The summed E-state index contributed by atoms with van der Waals surface area (Å²) in [5.74, 6) is -0.418. The van der Waals surface area contributed by atoms with Crippen molar-refractivity contribution in [3.63, 3.8) is 0 Å². The Morgan fingerprint density at radius 2 is 2.18 bits per heavy atom. The number of hydrogen-bond donors (Lipinski definition) is 1. The first-order chi connectivity index (χ1) is 10.3. The lowest BCUT2D eigenvalue weighted by atomic mass is 9.89. The Hall–Kier alpha value is -1.68. The number of nitrogens with zero attached hydrogens (tertiary/aromatic N) is 3. The van der Waals surface area contributed by atoms with Crippen LogP contribution in [0.25, 0.3) is 5.65 Å². The maximum absolute atomic E-state index is 12.2. The van der Waals surface area contributed by atoms with E-state index < -0.39 is 18.4 Å². The molecule has 0 bridgehead atoms. The van der Waals surface area contributed by atoms with Crippen LogP contribution in [0.1, 0.15) is 23.3 Å². The lowest BCUT2D eigenvalue weighted by molar-refractivity contribution is -0.351. The van der Waals surface area contributed by atoms with Crippen LogP contribution in [0.5, 0.6) is 0 Å². The van der Waals surface area contributed by atoms with Crippen LogP contribution in [0, 0.1) is 0 Å². The Morgan fingerprint density at radius 3 is 2.86 bits per heavy atom. The molecule has 0 spiro atoms. The molecule has 1 fully saturated rings. The van der Waals surface area contributed by atoms with Gasteiger partial charge in [-0.25, -0.2) is 9.50 Å². The minimum Gasteiger partial charge on any atom is -0.348 e. The maximum Gasteiger partial charge on any atom is 0.522 e. The Labute approximate surface area is 130 Å². The molecule has 1 aliphatic rings. The van der Waals surface area contributed by atoms with E-state index in [0.29, 0.717) is 10.3 Å². The molecule has 0 aromatic carbocycles. The smallest absolute Gasteiger partial charge is 0.348 e. The largest absolute Gasteiger partial charge is 0.522 e. The first-order valence-corrected chi connectivity index (χ1v) is 7.17. The van der Waals surface area contributed by atoms with Crippen LogP contribution in [0.2, 0.25) is 0 Å². The van der Waals surface area contributed by atoms with E-state index in [0.717, 1.165) is 0 Å². The average molecular weight is 379 g/mol. The van der Waals surface area contributed by atoms with E-state index in [1.165, 1.54) is 16.8 Å². The van der Waals surface area contributed by atoms with Crippen molar-refractivity contribution in [1.82, 2.24) is 19.9 Å². The van der Waals surface area contributed by atoms with Crippen LogP contribution >= 0.6 is 15.9 Å². The molecule has 0 atom stereocenters. The number of amides is 1. The molecule has 2 heterocycles. The minimum absolute atomic E-state index is 0.127. The van der Waals surface area contributed by atoms with E-state index >= 15 is 0 Å². The zero-order valence-corrected chi connectivity index (χ0v) is 12.6. The topological polar surface area (TPSA) is 68.5 Å². The van der Waals surface area contributed by atoms with Gasteiger partial charge in [-0.3, -0.25) is 9.53 Å². The lowest BCUT2D eigenvalue weighted by Gasteiger charge is -2.35. The zero-order valence-electron chi connectivity index (χ0n) is 11.0. The summed E-state index contributed by atoms with van der Waals surface area (Å²) >= 11 is 3.19. The molecule has 0 aliphatic heterocycles. The first-order valence-electron chi connectivity index (χ1n) is 6.37. The Morgan fingerprint density at radius 1 is 1.45 bits per heavy atom. The van der Waals surface area contributed by atoms with Gasteiger partial charge < -0.3 is 5.32 Å². The molecular formula is C12H10BrF3N4O2. The van der Waals surface area contributed by atoms with E-state index in [1.807, 2.05) is 0 Å². The van der Waals surface area contributed by atoms with Crippen LogP contribution in [0.15, 0.2) is 22.9 Å². The monoisotopic (exact) mass is 378 g/mol. The Balaban J connectivity index is 1.63. The fourth-order valence-corrected chi connectivity index (χ4v) is 2.63. The molecule has 1 aliphatic carbocycles. The maximum atomic E-state index is 12.2.